The van der Waals surface area contributed by atoms with Gasteiger partial charge in [-0.2, -0.15) is 0 Å². The Morgan fingerprint density at radius 1 is 1.06 bits per heavy atom. The molecule has 9 heteroatoms. The molecular weight excluding hydrogens is 491 g/mol. The lowest BCUT2D eigenvalue weighted by atomic mass is 10.0. The fourth-order valence-corrected chi connectivity index (χ4v) is 4.38. The van der Waals surface area contributed by atoms with E-state index < -0.39 is 21.8 Å². The summed E-state index contributed by atoms with van der Waals surface area (Å²) >= 11 is 19.8. The predicted octanol–water partition coefficient (Wildman–Crippen LogP) is 6.44. The second kappa shape index (κ2) is 10.6. The number of alkyl halides is 3. The zero-order valence-electron chi connectivity index (χ0n) is 17.3. The summed E-state index contributed by atoms with van der Waals surface area (Å²) in [6.45, 7) is 3.75. The molecule has 3 aromatic rings. The summed E-state index contributed by atoms with van der Waals surface area (Å²) in [4.78, 5) is 25.6. The second-order valence-electron chi connectivity index (χ2n) is 6.85. The molecule has 1 atom stereocenters. The normalized spacial score (nSPS) is 12.2. The van der Waals surface area contributed by atoms with Crippen LogP contribution in [0.15, 0.2) is 60.0 Å². The summed E-state index contributed by atoms with van der Waals surface area (Å²) in [7, 11) is 0. The summed E-state index contributed by atoms with van der Waals surface area (Å²) in [6.07, 6.45) is -1.12. The smallest absolute Gasteiger partial charge is 0.341 e. The van der Waals surface area contributed by atoms with Gasteiger partial charge in [-0.3, -0.25) is 4.79 Å². The van der Waals surface area contributed by atoms with Crippen molar-refractivity contribution in [3.8, 4) is 11.1 Å². The fraction of sp³-hybridized carbons (Fsp3) is 0.217. The highest BCUT2D eigenvalue weighted by atomic mass is 35.6. The lowest BCUT2D eigenvalue weighted by Gasteiger charge is -2.27. The van der Waals surface area contributed by atoms with E-state index >= 15 is 0 Å². The summed E-state index contributed by atoms with van der Waals surface area (Å²) in [5.41, 5.74) is 3.07. The molecular formula is C23H21Cl3N2O3S. The first-order valence-corrected chi connectivity index (χ1v) is 11.8. The monoisotopic (exact) mass is 510 g/mol. The standard InChI is InChI=1S/C23H21Cl3N2O3S/c1-3-31-21(30)18-17(15-10-5-4-6-11-15)13-32-20(18)28-22(23(24,25)26)27-19(29)16-12-8-7-9-14(16)2/h4-13,22,28H,3H2,1-2H3,(H,27,29)/t22-/m1/s1. The first-order chi connectivity index (χ1) is 15.2. The van der Waals surface area contributed by atoms with E-state index in [4.69, 9.17) is 39.5 Å². The van der Waals surface area contributed by atoms with Gasteiger partial charge < -0.3 is 15.4 Å². The van der Waals surface area contributed by atoms with Gasteiger partial charge in [-0.15, -0.1) is 11.3 Å². The first kappa shape index (κ1) is 24.4. The number of amides is 1. The SMILES string of the molecule is CCOC(=O)c1c(-c2ccccc2)csc1N[C@@H](NC(=O)c1ccccc1C)C(Cl)(Cl)Cl. The van der Waals surface area contributed by atoms with E-state index in [-0.39, 0.29) is 6.61 Å². The molecule has 0 aliphatic heterocycles. The second-order valence-corrected chi connectivity index (χ2v) is 10.1. The number of rotatable bonds is 7. The zero-order chi connectivity index (χ0) is 23.3. The number of halogens is 3. The van der Waals surface area contributed by atoms with Crippen LogP contribution >= 0.6 is 46.1 Å². The van der Waals surface area contributed by atoms with E-state index in [1.807, 2.05) is 54.8 Å². The van der Waals surface area contributed by atoms with Gasteiger partial charge in [0.15, 0.2) is 0 Å². The number of carbonyl (C=O) groups excluding carboxylic acids is 2. The van der Waals surface area contributed by atoms with Crippen LogP contribution in [0.5, 0.6) is 0 Å². The topological polar surface area (TPSA) is 67.4 Å². The summed E-state index contributed by atoms with van der Waals surface area (Å²) in [5.74, 6) is -0.923. The highest BCUT2D eigenvalue weighted by molar-refractivity contribution is 7.15. The molecule has 0 spiro atoms. The van der Waals surface area contributed by atoms with Gasteiger partial charge in [0.25, 0.3) is 5.91 Å². The molecule has 0 bridgehead atoms. The van der Waals surface area contributed by atoms with Gasteiger partial charge >= 0.3 is 5.97 Å². The van der Waals surface area contributed by atoms with E-state index in [1.54, 1.807) is 19.1 Å². The van der Waals surface area contributed by atoms with Crippen molar-refractivity contribution in [1.29, 1.82) is 0 Å². The molecule has 0 saturated carbocycles. The van der Waals surface area contributed by atoms with Crippen LogP contribution in [0, 0.1) is 6.92 Å². The van der Waals surface area contributed by atoms with Crippen molar-refractivity contribution in [3.63, 3.8) is 0 Å². The number of thiophene rings is 1. The molecule has 1 aromatic heterocycles. The lowest BCUT2D eigenvalue weighted by Crippen LogP contribution is -2.49. The van der Waals surface area contributed by atoms with Crippen molar-refractivity contribution in [1.82, 2.24) is 5.32 Å². The van der Waals surface area contributed by atoms with Crippen LogP contribution in [0.25, 0.3) is 11.1 Å². The Bertz CT molecular complexity index is 1100. The molecule has 5 nitrogen and oxygen atoms in total. The Morgan fingerprint density at radius 3 is 2.34 bits per heavy atom. The molecule has 1 amide bonds. The van der Waals surface area contributed by atoms with Crippen LogP contribution in [0.3, 0.4) is 0 Å². The average molecular weight is 512 g/mol. The molecule has 0 unspecified atom stereocenters. The molecule has 0 saturated heterocycles. The van der Waals surface area contributed by atoms with Crippen molar-refractivity contribution in [2.45, 2.75) is 23.8 Å². The number of hydrogen-bond acceptors (Lipinski definition) is 5. The quantitative estimate of drug-likeness (QED) is 0.218. The van der Waals surface area contributed by atoms with E-state index in [9.17, 15) is 9.59 Å². The van der Waals surface area contributed by atoms with E-state index in [1.165, 1.54) is 11.3 Å². The Kier molecular flexibility index (Phi) is 8.06. The number of benzene rings is 2. The number of aryl methyl sites for hydroxylation is 1. The van der Waals surface area contributed by atoms with Crippen LogP contribution in [0.2, 0.25) is 0 Å². The Morgan fingerprint density at radius 2 is 1.72 bits per heavy atom. The van der Waals surface area contributed by atoms with E-state index in [0.717, 1.165) is 11.1 Å². The minimum atomic E-state index is -1.90. The van der Waals surface area contributed by atoms with Crippen LogP contribution in [0.4, 0.5) is 5.00 Å². The van der Waals surface area contributed by atoms with Gasteiger partial charge in [0.1, 0.15) is 16.7 Å². The third kappa shape index (κ3) is 5.75. The minimum absolute atomic E-state index is 0.209. The zero-order valence-corrected chi connectivity index (χ0v) is 20.4. The highest BCUT2D eigenvalue weighted by Gasteiger charge is 2.36. The molecule has 32 heavy (non-hydrogen) atoms. The first-order valence-electron chi connectivity index (χ1n) is 9.76. The molecule has 0 aliphatic rings. The number of anilines is 1. The predicted molar refractivity (Wildman–Crippen MR) is 132 cm³/mol. The number of esters is 1. The van der Waals surface area contributed by atoms with Crippen LogP contribution in [0.1, 0.15) is 33.2 Å². The van der Waals surface area contributed by atoms with Gasteiger partial charge in [-0.1, -0.05) is 83.3 Å². The lowest BCUT2D eigenvalue weighted by molar-refractivity contribution is 0.0529. The number of hydrogen-bond donors (Lipinski definition) is 2. The maximum Gasteiger partial charge on any atom is 0.341 e. The van der Waals surface area contributed by atoms with E-state index in [2.05, 4.69) is 10.6 Å². The van der Waals surface area contributed by atoms with Crippen molar-refractivity contribution in [2.75, 3.05) is 11.9 Å². The minimum Gasteiger partial charge on any atom is -0.462 e. The van der Waals surface area contributed by atoms with Gasteiger partial charge in [-0.25, -0.2) is 4.79 Å². The highest BCUT2D eigenvalue weighted by Crippen LogP contribution is 2.39. The van der Waals surface area contributed by atoms with Crippen LogP contribution in [-0.4, -0.2) is 28.4 Å². The van der Waals surface area contributed by atoms with Crippen molar-refractivity contribution in [3.05, 3.63) is 76.7 Å². The number of nitrogens with one attached hydrogen (secondary N) is 2. The van der Waals surface area contributed by atoms with E-state index in [0.29, 0.717) is 21.7 Å². The van der Waals surface area contributed by atoms with Gasteiger partial charge in [0.2, 0.25) is 3.79 Å². The molecule has 3 rings (SSSR count). The summed E-state index contributed by atoms with van der Waals surface area (Å²) in [6, 6.07) is 16.5. The van der Waals surface area contributed by atoms with Crippen molar-refractivity contribution in [2.24, 2.45) is 0 Å². The van der Waals surface area contributed by atoms with Gasteiger partial charge in [-0.05, 0) is 31.0 Å². The molecule has 2 aromatic carbocycles. The molecule has 0 aliphatic carbocycles. The fourth-order valence-electron chi connectivity index (χ4n) is 3.07. The number of carbonyl (C=O) groups is 2. The molecule has 0 fully saturated rings. The van der Waals surface area contributed by atoms with Crippen LogP contribution < -0.4 is 10.6 Å². The maximum atomic E-state index is 12.8. The van der Waals surface area contributed by atoms with Gasteiger partial charge in [0.05, 0.1) is 6.61 Å². The van der Waals surface area contributed by atoms with Crippen molar-refractivity contribution < 1.29 is 14.3 Å². The molecule has 1 heterocycles. The average Bonchev–Trinajstić information content (AvgIpc) is 3.17. The molecule has 0 radical (unpaired) electrons. The summed E-state index contributed by atoms with van der Waals surface area (Å²) < 4.78 is 3.36. The largest absolute Gasteiger partial charge is 0.462 e. The third-order valence-electron chi connectivity index (χ3n) is 4.62. The van der Waals surface area contributed by atoms with Crippen molar-refractivity contribution >= 4 is 63.0 Å². The molecule has 168 valence electrons. The maximum absolute atomic E-state index is 12.8. The molecule has 2 N–H and O–H groups in total. The Balaban J connectivity index is 1.96. The van der Waals surface area contributed by atoms with Crippen LogP contribution in [-0.2, 0) is 4.74 Å². The van der Waals surface area contributed by atoms with Gasteiger partial charge in [0, 0.05) is 16.5 Å². The summed E-state index contributed by atoms with van der Waals surface area (Å²) in [5, 5.41) is 7.99. The Labute approximate surface area is 205 Å². The number of ether oxygens (including phenoxy) is 1. The third-order valence-corrected chi connectivity index (χ3v) is 6.19. The Hall–Kier alpha value is -2.25.